The normalized spacial score (nSPS) is 10.5. The van der Waals surface area contributed by atoms with E-state index in [9.17, 15) is 4.79 Å². The van der Waals surface area contributed by atoms with Crippen molar-refractivity contribution in [3.63, 3.8) is 0 Å². The number of pyridine rings is 1. The molecular weight excluding hydrogens is 296 g/mol. The predicted octanol–water partition coefficient (Wildman–Crippen LogP) is 2.42. The van der Waals surface area contributed by atoms with E-state index in [-0.39, 0.29) is 17.4 Å². The third-order valence-corrected chi connectivity index (χ3v) is 2.96. The van der Waals surface area contributed by atoms with Gasteiger partial charge in [0, 0.05) is 17.3 Å². The third-order valence-electron chi connectivity index (χ3n) is 2.39. The average molecular weight is 313 g/mol. The first kappa shape index (κ1) is 14.5. The van der Waals surface area contributed by atoms with Crippen LogP contribution in [0.5, 0.6) is 0 Å². The fourth-order valence-electron chi connectivity index (χ4n) is 1.66. The second kappa shape index (κ2) is 5.39. The summed E-state index contributed by atoms with van der Waals surface area (Å²) < 4.78 is 1.97. The Morgan fingerprint density at radius 1 is 1.61 bits per heavy atom. The van der Waals surface area contributed by atoms with Crippen LogP contribution in [0.4, 0.5) is 5.82 Å². The van der Waals surface area contributed by atoms with E-state index < -0.39 is 0 Å². The lowest BCUT2D eigenvalue weighted by Crippen LogP contribution is -2.28. The molecule has 5 nitrogen and oxygen atoms in total. The van der Waals surface area contributed by atoms with Gasteiger partial charge >= 0.3 is 0 Å². The quantitative estimate of drug-likeness (QED) is 0.746. The number of halogens is 1. The van der Waals surface area contributed by atoms with Crippen LogP contribution in [0.3, 0.4) is 0 Å². The topological polar surface area (TPSA) is 83.9 Å². The van der Waals surface area contributed by atoms with Crippen LogP contribution >= 0.6 is 15.9 Å². The minimum absolute atomic E-state index is 0.0602. The lowest BCUT2D eigenvalue weighted by atomic mass is 10.1. The first-order valence-electron chi connectivity index (χ1n) is 5.47. The number of aromatic nitrogens is 1. The molecule has 0 aliphatic rings. The molecule has 1 heterocycles. The molecule has 0 unspecified atom stereocenters. The van der Waals surface area contributed by atoms with E-state index in [4.69, 9.17) is 11.1 Å². The molecule has 0 saturated carbocycles. The molecule has 0 saturated heterocycles. The Balaban J connectivity index is 3.68. The number of rotatable bonds is 4. The van der Waals surface area contributed by atoms with Gasteiger partial charge in [-0.1, -0.05) is 6.58 Å². The van der Waals surface area contributed by atoms with Crippen LogP contribution in [0, 0.1) is 5.41 Å². The maximum Gasteiger partial charge on any atom is 0.266 e. The van der Waals surface area contributed by atoms with Crippen molar-refractivity contribution >= 4 is 27.5 Å². The van der Waals surface area contributed by atoms with Gasteiger partial charge in [-0.15, -0.1) is 0 Å². The monoisotopic (exact) mass is 312 g/mol. The van der Waals surface area contributed by atoms with Crippen LogP contribution in [0.25, 0.3) is 0 Å². The number of nitrogens with two attached hydrogens (primary N) is 1. The predicted molar refractivity (Wildman–Crippen MR) is 78.2 cm³/mol. The summed E-state index contributed by atoms with van der Waals surface area (Å²) >= 11 is 3.22. The molecule has 0 spiro atoms. The Kier molecular flexibility index (Phi) is 4.34. The molecule has 98 valence electrons. The van der Waals surface area contributed by atoms with Crippen molar-refractivity contribution < 1.29 is 0 Å². The Labute approximate surface area is 114 Å². The van der Waals surface area contributed by atoms with Crippen LogP contribution < -0.4 is 16.6 Å². The first-order valence-corrected chi connectivity index (χ1v) is 6.27. The lowest BCUT2D eigenvalue weighted by molar-refractivity contribution is 0.583. The van der Waals surface area contributed by atoms with Crippen LogP contribution in [0.2, 0.25) is 0 Å². The van der Waals surface area contributed by atoms with Crippen LogP contribution in [0.1, 0.15) is 32.4 Å². The molecule has 0 aromatic carbocycles. The number of nitrogens with zero attached hydrogens (tertiary/aromatic N) is 1. The molecule has 0 fully saturated rings. The standard InChI is InChI=1S/C12H17BrN4O/c1-6(2)17-11(16-8(4)15)9(7(3)14)5-10(13)12(17)18/h5-6,14,16H,4,15H2,1-3H3. The second-order valence-electron chi connectivity index (χ2n) is 4.30. The summed E-state index contributed by atoms with van der Waals surface area (Å²) in [4.78, 5) is 12.1. The zero-order chi connectivity index (χ0) is 14.0. The van der Waals surface area contributed by atoms with Gasteiger partial charge in [-0.2, -0.15) is 0 Å². The molecule has 1 aromatic rings. The van der Waals surface area contributed by atoms with Crippen molar-refractivity contribution in [2.45, 2.75) is 26.8 Å². The van der Waals surface area contributed by atoms with Crippen molar-refractivity contribution in [3.8, 4) is 0 Å². The Bertz CT molecular complexity index is 560. The summed E-state index contributed by atoms with van der Waals surface area (Å²) in [7, 11) is 0. The van der Waals surface area contributed by atoms with Gasteiger partial charge in [-0.25, -0.2) is 0 Å². The van der Waals surface area contributed by atoms with E-state index in [0.29, 0.717) is 21.6 Å². The summed E-state index contributed by atoms with van der Waals surface area (Å²) in [6.07, 6.45) is 0. The largest absolute Gasteiger partial charge is 0.386 e. The van der Waals surface area contributed by atoms with Gasteiger partial charge in [0.25, 0.3) is 5.56 Å². The Morgan fingerprint density at radius 2 is 2.17 bits per heavy atom. The van der Waals surface area contributed by atoms with Gasteiger partial charge in [0.05, 0.1) is 10.3 Å². The van der Waals surface area contributed by atoms with E-state index >= 15 is 0 Å². The van der Waals surface area contributed by atoms with E-state index in [0.717, 1.165) is 0 Å². The zero-order valence-corrected chi connectivity index (χ0v) is 12.3. The van der Waals surface area contributed by atoms with Crippen molar-refractivity contribution in [2.75, 3.05) is 5.32 Å². The van der Waals surface area contributed by atoms with Crippen LogP contribution in [-0.2, 0) is 0 Å². The molecule has 18 heavy (non-hydrogen) atoms. The molecular formula is C12H17BrN4O. The summed E-state index contributed by atoms with van der Waals surface area (Å²) in [5.74, 6) is 0.729. The number of hydrogen-bond donors (Lipinski definition) is 3. The minimum atomic E-state index is -0.168. The summed E-state index contributed by atoms with van der Waals surface area (Å²) in [6.45, 7) is 9.01. The Morgan fingerprint density at radius 3 is 2.56 bits per heavy atom. The van der Waals surface area contributed by atoms with E-state index in [1.165, 1.54) is 0 Å². The molecule has 1 rings (SSSR count). The minimum Gasteiger partial charge on any atom is -0.386 e. The lowest BCUT2D eigenvalue weighted by Gasteiger charge is -2.21. The summed E-state index contributed by atoms with van der Waals surface area (Å²) in [5.41, 5.74) is 6.33. The van der Waals surface area contributed by atoms with E-state index in [2.05, 4.69) is 27.8 Å². The molecule has 0 radical (unpaired) electrons. The van der Waals surface area contributed by atoms with Gasteiger partial charge in [0.2, 0.25) is 0 Å². The second-order valence-corrected chi connectivity index (χ2v) is 5.15. The van der Waals surface area contributed by atoms with Crippen molar-refractivity contribution in [1.82, 2.24) is 4.57 Å². The Hall–Kier alpha value is -1.56. The fourth-order valence-corrected chi connectivity index (χ4v) is 2.08. The van der Waals surface area contributed by atoms with Gasteiger partial charge in [-0.05, 0) is 42.8 Å². The molecule has 0 atom stereocenters. The average Bonchev–Trinajstić information content (AvgIpc) is 2.21. The van der Waals surface area contributed by atoms with Gasteiger partial charge < -0.3 is 16.5 Å². The summed E-state index contributed by atoms with van der Waals surface area (Å²) in [6, 6.07) is 1.56. The van der Waals surface area contributed by atoms with Crippen molar-refractivity contribution in [2.24, 2.45) is 5.73 Å². The highest BCUT2D eigenvalue weighted by Gasteiger charge is 2.17. The van der Waals surface area contributed by atoms with Crippen LogP contribution in [0.15, 0.2) is 27.7 Å². The highest BCUT2D eigenvalue weighted by atomic mass is 79.9. The number of nitrogens with one attached hydrogen (secondary N) is 2. The van der Waals surface area contributed by atoms with Crippen LogP contribution in [-0.4, -0.2) is 10.3 Å². The highest BCUT2D eigenvalue weighted by molar-refractivity contribution is 9.10. The molecule has 6 heteroatoms. The number of anilines is 1. The maximum atomic E-state index is 12.1. The molecule has 0 aliphatic heterocycles. The first-order chi connectivity index (χ1) is 8.25. The molecule has 0 aliphatic carbocycles. The smallest absolute Gasteiger partial charge is 0.266 e. The zero-order valence-electron chi connectivity index (χ0n) is 10.7. The maximum absolute atomic E-state index is 12.1. The highest BCUT2D eigenvalue weighted by Crippen LogP contribution is 2.22. The molecule has 0 bridgehead atoms. The van der Waals surface area contributed by atoms with E-state index in [1.807, 2.05) is 13.8 Å². The third kappa shape index (κ3) is 2.81. The SMILES string of the molecule is C=C(N)Nc1c(C(C)=N)cc(Br)c(=O)n1C(C)C. The fraction of sp³-hybridized carbons (Fsp3) is 0.333. The van der Waals surface area contributed by atoms with Crippen molar-refractivity contribution in [3.05, 3.63) is 38.9 Å². The molecule has 1 aromatic heterocycles. The van der Waals surface area contributed by atoms with Gasteiger partial charge in [-0.3, -0.25) is 9.36 Å². The molecule has 0 amide bonds. The van der Waals surface area contributed by atoms with Gasteiger partial charge in [0.15, 0.2) is 0 Å². The summed E-state index contributed by atoms with van der Waals surface area (Å²) in [5, 5.41) is 10.6. The van der Waals surface area contributed by atoms with E-state index in [1.54, 1.807) is 17.6 Å². The van der Waals surface area contributed by atoms with Crippen molar-refractivity contribution in [1.29, 1.82) is 5.41 Å². The number of hydrogen-bond acceptors (Lipinski definition) is 4. The molecule has 4 N–H and O–H groups in total. The van der Waals surface area contributed by atoms with Gasteiger partial charge in [0.1, 0.15) is 5.82 Å².